The van der Waals surface area contributed by atoms with E-state index in [2.05, 4.69) is 15.9 Å². The minimum atomic E-state index is -0.550. The molecule has 2 aromatic rings. The van der Waals surface area contributed by atoms with E-state index >= 15 is 0 Å². The molecule has 0 saturated carbocycles. The van der Waals surface area contributed by atoms with E-state index in [0.717, 1.165) is 4.47 Å². The third kappa shape index (κ3) is 3.43. The van der Waals surface area contributed by atoms with Crippen LogP contribution in [0.15, 0.2) is 40.9 Å². The summed E-state index contributed by atoms with van der Waals surface area (Å²) in [6.07, 6.45) is 0. The van der Waals surface area contributed by atoms with Gasteiger partial charge in [0.15, 0.2) is 0 Å². The van der Waals surface area contributed by atoms with Crippen LogP contribution in [0, 0.1) is 5.82 Å². The molecular weight excluding hydrogens is 353 g/mol. The van der Waals surface area contributed by atoms with E-state index in [4.69, 9.17) is 34.3 Å². The number of ether oxygens (including phenoxy) is 1. The Labute approximate surface area is 128 Å². The van der Waals surface area contributed by atoms with Crippen LogP contribution in [0.5, 0.6) is 11.5 Å². The summed E-state index contributed by atoms with van der Waals surface area (Å²) in [4.78, 5) is 0.205. The zero-order valence-electron chi connectivity index (χ0n) is 9.49. The molecule has 6 heteroatoms. The van der Waals surface area contributed by atoms with Crippen molar-refractivity contribution in [3.8, 4) is 11.5 Å². The van der Waals surface area contributed by atoms with Crippen molar-refractivity contribution >= 4 is 44.7 Å². The van der Waals surface area contributed by atoms with Crippen LogP contribution in [0.1, 0.15) is 5.56 Å². The summed E-state index contributed by atoms with van der Waals surface area (Å²) in [6.45, 7) is 0. The lowest BCUT2D eigenvalue weighted by molar-refractivity contribution is 0.475. The van der Waals surface area contributed by atoms with Crippen LogP contribution in [-0.4, -0.2) is 4.99 Å². The van der Waals surface area contributed by atoms with Crippen molar-refractivity contribution in [2.24, 2.45) is 5.73 Å². The van der Waals surface area contributed by atoms with E-state index in [0.29, 0.717) is 17.1 Å². The van der Waals surface area contributed by atoms with Crippen molar-refractivity contribution in [3.63, 3.8) is 0 Å². The van der Waals surface area contributed by atoms with Crippen LogP contribution in [-0.2, 0) is 0 Å². The highest BCUT2D eigenvalue weighted by Crippen LogP contribution is 2.30. The molecule has 0 aliphatic carbocycles. The number of benzene rings is 2. The number of hydrogen-bond donors (Lipinski definition) is 1. The number of thiocarbonyl (C=S) groups is 1. The SMILES string of the molecule is NC(=S)c1ccc(Br)cc1Oc1ccc(Cl)c(F)c1. The maximum Gasteiger partial charge on any atom is 0.145 e. The van der Waals surface area contributed by atoms with Crippen molar-refractivity contribution in [3.05, 3.63) is 57.3 Å². The topological polar surface area (TPSA) is 35.2 Å². The first kappa shape index (κ1) is 14.2. The lowest BCUT2D eigenvalue weighted by atomic mass is 10.2. The molecular formula is C13H8BrClFNOS. The van der Waals surface area contributed by atoms with E-state index in [9.17, 15) is 4.39 Å². The molecule has 0 aromatic heterocycles. The largest absolute Gasteiger partial charge is 0.456 e. The predicted octanol–water partition coefficient (Wildman–Crippen LogP) is 4.67. The summed E-state index contributed by atoms with van der Waals surface area (Å²) in [5.74, 6) is 0.215. The molecule has 0 saturated heterocycles. The Morgan fingerprint density at radius 2 is 2.00 bits per heavy atom. The summed E-state index contributed by atoms with van der Waals surface area (Å²) in [6, 6.07) is 9.42. The highest BCUT2D eigenvalue weighted by molar-refractivity contribution is 9.10. The first-order valence-electron chi connectivity index (χ1n) is 5.19. The van der Waals surface area contributed by atoms with Crippen molar-refractivity contribution in [1.29, 1.82) is 0 Å². The van der Waals surface area contributed by atoms with Crippen LogP contribution >= 0.6 is 39.7 Å². The van der Waals surface area contributed by atoms with Gasteiger partial charge in [0.1, 0.15) is 22.3 Å². The Hall–Kier alpha value is -1.17. The van der Waals surface area contributed by atoms with E-state index in [1.54, 1.807) is 24.3 Å². The zero-order chi connectivity index (χ0) is 14.0. The molecule has 0 spiro atoms. The van der Waals surface area contributed by atoms with E-state index < -0.39 is 5.82 Å². The van der Waals surface area contributed by atoms with Crippen molar-refractivity contribution in [1.82, 2.24) is 0 Å². The number of rotatable bonds is 3. The first-order valence-corrected chi connectivity index (χ1v) is 6.77. The summed E-state index contributed by atoms with van der Waals surface area (Å²) < 4.78 is 19.7. The van der Waals surface area contributed by atoms with Crippen LogP contribution in [0.4, 0.5) is 4.39 Å². The summed E-state index contributed by atoms with van der Waals surface area (Å²) >= 11 is 13.9. The number of halogens is 3. The van der Waals surface area contributed by atoms with Crippen LogP contribution < -0.4 is 10.5 Å². The second kappa shape index (κ2) is 5.86. The van der Waals surface area contributed by atoms with Gasteiger partial charge >= 0.3 is 0 Å². The van der Waals surface area contributed by atoms with Gasteiger partial charge in [0.05, 0.1) is 10.6 Å². The van der Waals surface area contributed by atoms with Crippen molar-refractivity contribution < 1.29 is 9.13 Å². The predicted molar refractivity (Wildman–Crippen MR) is 81.5 cm³/mol. The van der Waals surface area contributed by atoms with Crippen LogP contribution in [0.25, 0.3) is 0 Å². The molecule has 2 aromatic carbocycles. The smallest absolute Gasteiger partial charge is 0.145 e. The average molecular weight is 361 g/mol. The van der Waals surface area contributed by atoms with Crippen LogP contribution in [0.2, 0.25) is 5.02 Å². The van der Waals surface area contributed by atoms with Gasteiger partial charge in [-0.25, -0.2) is 4.39 Å². The van der Waals surface area contributed by atoms with Gasteiger partial charge in [-0.1, -0.05) is 39.7 Å². The Morgan fingerprint density at radius 3 is 2.63 bits per heavy atom. The van der Waals surface area contributed by atoms with Crippen LogP contribution in [0.3, 0.4) is 0 Å². The zero-order valence-corrected chi connectivity index (χ0v) is 12.7. The Bertz CT molecular complexity index is 651. The van der Waals surface area contributed by atoms with E-state index in [1.807, 2.05) is 0 Å². The molecule has 2 rings (SSSR count). The molecule has 19 heavy (non-hydrogen) atoms. The highest BCUT2D eigenvalue weighted by Gasteiger charge is 2.10. The molecule has 0 unspecified atom stereocenters. The minimum Gasteiger partial charge on any atom is -0.456 e. The van der Waals surface area contributed by atoms with Gasteiger partial charge in [-0.2, -0.15) is 0 Å². The third-order valence-electron chi connectivity index (χ3n) is 2.33. The average Bonchev–Trinajstić information content (AvgIpc) is 2.33. The lowest BCUT2D eigenvalue weighted by Gasteiger charge is -2.11. The third-order valence-corrected chi connectivity index (χ3v) is 3.35. The molecule has 0 radical (unpaired) electrons. The standard InChI is InChI=1S/C13H8BrClFNOS/c14-7-1-3-9(13(17)19)12(5-7)18-8-2-4-10(15)11(16)6-8/h1-6H,(H2,17,19). The molecule has 0 aliphatic heterocycles. The molecule has 0 atom stereocenters. The molecule has 0 heterocycles. The Kier molecular flexibility index (Phi) is 4.39. The Morgan fingerprint density at radius 1 is 1.26 bits per heavy atom. The van der Waals surface area contributed by atoms with E-state index in [1.165, 1.54) is 12.1 Å². The fraction of sp³-hybridized carbons (Fsp3) is 0. The maximum atomic E-state index is 13.3. The minimum absolute atomic E-state index is 0.0381. The Balaban J connectivity index is 2.39. The number of hydrogen-bond acceptors (Lipinski definition) is 2. The monoisotopic (exact) mass is 359 g/mol. The second-order valence-corrected chi connectivity index (χ2v) is 5.45. The van der Waals surface area contributed by atoms with Gasteiger partial charge in [-0.05, 0) is 30.3 Å². The summed E-state index contributed by atoms with van der Waals surface area (Å²) in [5, 5.41) is 0.0381. The van der Waals surface area contributed by atoms with Gasteiger partial charge < -0.3 is 10.5 Å². The van der Waals surface area contributed by atoms with Gasteiger partial charge in [-0.15, -0.1) is 0 Å². The second-order valence-electron chi connectivity index (χ2n) is 3.68. The van der Waals surface area contributed by atoms with Crippen molar-refractivity contribution in [2.45, 2.75) is 0 Å². The summed E-state index contributed by atoms with van der Waals surface area (Å²) in [7, 11) is 0. The highest BCUT2D eigenvalue weighted by atomic mass is 79.9. The quantitative estimate of drug-likeness (QED) is 0.808. The van der Waals surface area contributed by atoms with E-state index in [-0.39, 0.29) is 10.0 Å². The van der Waals surface area contributed by atoms with Gasteiger partial charge in [0.2, 0.25) is 0 Å². The molecule has 0 amide bonds. The van der Waals surface area contributed by atoms with Gasteiger partial charge in [0, 0.05) is 10.5 Å². The molecule has 0 fully saturated rings. The van der Waals surface area contributed by atoms with Gasteiger partial charge in [-0.3, -0.25) is 0 Å². The lowest BCUT2D eigenvalue weighted by Crippen LogP contribution is -2.10. The first-order chi connectivity index (χ1) is 8.97. The van der Waals surface area contributed by atoms with Crippen molar-refractivity contribution in [2.75, 3.05) is 0 Å². The molecule has 2 N–H and O–H groups in total. The fourth-order valence-electron chi connectivity index (χ4n) is 1.45. The molecule has 98 valence electrons. The molecule has 0 aliphatic rings. The number of nitrogens with two attached hydrogens (primary N) is 1. The fourth-order valence-corrected chi connectivity index (χ4v) is 2.08. The summed E-state index contributed by atoms with van der Waals surface area (Å²) in [5.41, 5.74) is 6.19. The van der Waals surface area contributed by atoms with Gasteiger partial charge in [0.25, 0.3) is 0 Å². The molecule has 0 bridgehead atoms. The normalized spacial score (nSPS) is 10.3. The molecule has 2 nitrogen and oxygen atoms in total. The maximum absolute atomic E-state index is 13.3.